The third kappa shape index (κ3) is 4.98. The van der Waals surface area contributed by atoms with Gasteiger partial charge in [0.1, 0.15) is 11.5 Å². The Bertz CT molecular complexity index is 577. The third-order valence-electron chi connectivity index (χ3n) is 2.40. The summed E-state index contributed by atoms with van der Waals surface area (Å²) in [4.78, 5) is 1.32. The van der Waals surface area contributed by atoms with Gasteiger partial charge in [0.25, 0.3) is 0 Å². The summed E-state index contributed by atoms with van der Waals surface area (Å²) in [5, 5.41) is 0. The molecule has 2 aromatic carbocycles. The van der Waals surface area contributed by atoms with E-state index in [0.717, 1.165) is 0 Å². The van der Waals surface area contributed by atoms with Crippen molar-refractivity contribution in [3.63, 3.8) is 0 Å². The maximum atomic E-state index is 12.3. The Morgan fingerprint density at radius 2 is 1.14 bits per heavy atom. The predicted octanol–water partition coefficient (Wildman–Crippen LogP) is 5.10. The minimum Gasteiger partial charge on any atom is -0.416 e. The highest BCUT2D eigenvalue weighted by atomic mass is 32.2. The first kappa shape index (κ1) is 16.3. The van der Waals surface area contributed by atoms with Gasteiger partial charge >= 0.3 is 7.60 Å². The predicted molar refractivity (Wildman–Crippen MR) is 84.6 cm³/mol. The van der Waals surface area contributed by atoms with Gasteiger partial charge in [-0.25, -0.2) is 4.57 Å². The lowest BCUT2D eigenvalue weighted by molar-refractivity contribution is 0.393. The molecule has 0 spiro atoms. The van der Waals surface area contributed by atoms with E-state index in [1.807, 2.05) is 0 Å². The largest absolute Gasteiger partial charge is 0.427 e. The fraction of sp³-hybridized carbons (Fsp3) is 0.0769. The van der Waals surface area contributed by atoms with Crippen LogP contribution in [0.25, 0.3) is 0 Å². The van der Waals surface area contributed by atoms with Gasteiger partial charge in [-0.3, -0.25) is 0 Å². The quantitative estimate of drug-likeness (QED) is 0.558. The smallest absolute Gasteiger partial charge is 0.416 e. The van der Waals surface area contributed by atoms with Crippen molar-refractivity contribution >= 4 is 31.7 Å². The number of hydrogen-bond donors (Lipinski definition) is 2. The van der Waals surface area contributed by atoms with Crippen molar-refractivity contribution < 1.29 is 22.7 Å². The molecule has 0 saturated carbocycles. The van der Waals surface area contributed by atoms with Crippen LogP contribution in [0.1, 0.15) is 0 Å². The van der Waals surface area contributed by atoms with Crippen LogP contribution in [-0.4, -0.2) is 15.8 Å². The lowest BCUT2D eigenvalue weighted by Crippen LogP contribution is -1.99. The molecule has 0 aliphatic heterocycles. The molecule has 0 amide bonds. The Morgan fingerprint density at radius 1 is 0.810 bits per heavy atom. The van der Waals surface area contributed by atoms with Crippen LogP contribution in [0.2, 0.25) is 0 Å². The molecule has 0 fully saturated rings. The fourth-order valence-corrected chi connectivity index (χ4v) is 3.09. The van der Waals surface area contributed by atoms with E-state index in [0.29, 0.717) is 45.4 Å². The molecule has 0 aliphatic rings. The van der Waals surface area contributed by atoms with Gasteiger partial charge in [-0.1, -0.05) is 0 Å². The van der Waals surface area contributed by atoms with Crippen LogP contribution in [0.5, 0.6) is 11.5 Å². The molecule has 5 nitrogen and oxygen atoms in total. The summed E-state index contributed by atoms with van der Waals surface area (Å²) in [5.41, 5.74) is 0. The van der Waals surface area contributed by atoms with Gasteiger partial charge in [-0.2, -0.15) is 0 Å². The minimum atomic E-state index is -3.32. The van der Waals surface area contributed by atoms with Gasteiger partial charge in [-0.05, 0) is 48.5 Å². The highest BCUT2D eigenvalue weighted by Gasteiger charge is 2.20. The van der Waals surface area contributed by atoms with Crippen molar-refractivity contribution in [3.8, 4) is 11.5 Å². The van der Waals surface area contributed by atoms with Gasteiger partial charge in [0, 0.05) is 33.9 Å². The lowest BCUT2D eigenvalue weighted by Gasteiger charge is -2.16. The molecule has 112 valence electrons. The van der Waals surface area contributed by atoms with Gasteiger partial charge in [0.05, 0.1) is 6.66 Å². The molecule has 2 rings (SSSR count). The highest BCUT2D eigenvalue weighted by Crippen LogP contribution is 2.45. The zero-order chi connectivity index (χ0) is 15.3. The summed E-state index contributed by atoms with van der Waals surface area (Å²) in [6, 6.07) is 13.0. The summed E-state index contributed by atoms with van der Waals surface area (Å²) < 4.78 is 40.8. The summed E-state index contributed by atoms with van der Waals surface area (Å²) >= 11 is 1.25. The SMILES string of the molecule is CP(=O)(Oc1ccc(SO)cc1)Oc1ccc(SO)cc1. The van der Waals surface area contributed by atoms with Gasteiger partial charge in [0.2, 0.25) is 0 Å². The zero-order valence-corrected chi connectivity index (χ0v) is 13.5. The molecular formula is C13H13O5PS2. The maximum Gasteiger partial charge on any atom is 0.427 e. The van der Waals surface area contributed by atoms with Crippen LogP contribution >= 0.6 is 31.7 Å². The highest BCUT2D eigenvalue weighted by molar-refractivity contribution is 7.94. The molecule has 8 heteroatoms. The second-order valence-corrected chi connectivity index (χ2v) is 7.30. The van der Waals surface area contributed by atoms with Crippen LogP contribution in [0.3, 0.4) is 0 Å². The van der Waals surface area contributed by atoms with E-state index in [-0.39, 0.29) is 0 Å². The van der Waals surface area contributed by atoms with E-state index in [1.54, 1.807) is 48.5 Å². The molecule has 0 saturated heterocycles. The minimum absolute atomic E-state index is 0.390. The fourth-order valence-electron chi connectivity index (χ4n) is 1.52. The first-order valence-electron chi connectivity index (χ1n) is 5.82. The second-order valence-electron chi connectivity index (χ2n) is 4.08. The molecule has 2 aromatic rings. The van der Waals surface area contributed by atoms with E-state index in [1.165, 1.54) is 6.66 Å². The average molecular weight is 344 g/mol. The normalized spacial score (nSPS) is 11.2. The van der Waals surface area contributed by atoms with Crippen molar-refractivity contribution in [1.29, 1.82) is 0 Å². The molecule has 0 atom stereocenters. The Labute approximate surface area is 131 Å². The second kappa shape index (κ2) is 7.24. The summed E-state index contributed by atoms with van der Waals surface area (Å²) in [7, 11) is -3.32. The third-order valence-corrected chi connectivity index (χ3v) is 4.45. The van der Waals surface area contributed by atoms with Crippen LogP contribution < -0.4 is 9.05 Å². The Hall–Kier alpha value is -1.11. The topological polar surface area (TPSA) is 76.0 Å². The summed E-state index contributed by atoms with van der Waals surface area (Å²) in [6.45, 7) is 1.37. The molecule has 21 heavy (non-hydrogen) atoms. The Morgan fingerprint density at radius 3 is 1.43 bits per heavy atom. The van der Waals surface area contributed by atoms with E-state index in [4.69, 9.17) is 18.2 Å². The molecule has 2 N–H and O–H groups in total. The van der Waals surface area contributed by atoms with Crippen molar-refractivity contribution in [3.05, 3.63) is 48.5 Å². The van der Waals surface area contributed by atoms with Crippen LogP contribution in [-0.2, 0) is 4.57 Å². The molecule has 0 aromatic heterocycles. The van der Waals surface area contributed by atoms with Crippen LogP contribution in [0.15, 0.2) is 58.3 Å². The van der Waals surface area contributed by atoms with E-state index < -0.39 is 7.60 Å². The standard InChI is InChI=1S/C13H13O5PS2/c1-19(14,17-10-2-6-12(20-15)7-3-10)18-11-4-8-13(21-16)9-5-11/h2-9,15-16H,1H3. The summed E-state index contributed by atoms with van der Waals surface area (Å²) in [6.07, 6.45) is 0. The monoisotopic (exact) mass is 344 g/mol. The molecule has 0 aliphatic carbocycles. The van der Waals surface area contributed by atoms with Gasteiger partial charge in [0.15, 0.2) is 0 Å². The summed E-state index contributed by atoms with van der Waals surface area (Å²) in [5.74, 6) is 0.780. The zero-order valence-electron chi connectivity index (χ0n) is 11.0. The first-order chi connectivity index (χ1) is 10.0. The van der Waals surface area contributed by atoms with E-state index in [9.17, 15) is 4.57 Å². The van der Waals surface area contributed by atoms with Crippen molar-refractivity contribution in [2.45, 2.75) is 9.79 Å². The van der Waals surface area contributed by atoms with Gasteiger partial charge < -0.3 is 18.2 Å². The molecule has 0 unspecified atom stereocenters. The number of rotatable bonds is 6. The number of benzene rings is 2. The lowest BCUT2D eigenvalue weighted by atomic mass is 10.3. The van der Waals surface area contributed by atoms with E-state index in [2.05, 4.69) is 0 Å². The maximum absolute atomic E-state index is 12.3. The van der Waals surface area contributed by atoms with Crippen LogP contribution in [0, 0.1) is 0 Å². The Kier molecular flexibility index (Phi) is 5.61. The average Bonchev–Trinajstić information content (AvgIpc) is 2.48. The Balaban J connectivity index is 2.04. The van der Waals surface area contributed by atoms with Gasteiger partial charge in [-0.15, -0.1) is 0 Å². The molecule has 0 radical (unpaired) electrons. The number of hydrogen-bond acceptors (Lipinski definition) is 7. The molecule has 0 bridgehead atoms. The molecule has 0 heterocycles. The van der Waals surface area contributed by atoms with E-state index >= 15 is 0 Å². The first-order valence-corrected chi connectivity index (χ1v) is 9.36. The molecular weight excluding hydrogens is 331 g/mol. The van der Waals surface area contributed by atoms with Crippen molar-refractivity contribution in [2.24, 2.45) is 0 Å². The van der Waals surface area contributed by atoms with Crippen molar-refractivity contribution in [2.75, 3.05) is 6.66 Å². The van der Waals surface area contributed by atoms with Crippen molar-refractivity contribution in [1.82, 2.24) is 0 Å². The van der Waals surface area contributed by atoms with Crippen LogP contribution in [0.4, 0.5) is 0 Å².